The lowest BCUT2D eigenvalue weighted by Gasteiger charge is -1.96. The van der Waals surface area contributed by atoms with E-state index in [0.717, 1.165) is 6.42 Å². The Balaban J connectivity index is 0.000000561. The van der Waals surface area contributed by atoms with Gasteiger partial charge in [-0.1, -0.05) is 43.7 Å². The Hall–Kier alpha value is -0.820. The monoisotopic (exact) mass is 166 g/mol. The molecule has 1 aromatic rings. The zero-order valence-electron chi connectivity index (χ0n) is 8.17. The largest absolute Gasteiger partial charge is 0.396 e. The fourth-order valence-electron chi connectivity index (χ4n) is 0.884. The van der Waals surface area contributed by atoms with Crippen LogP contribution >= 0.6 is 0 Å². The summed E-state index contributed by atoms with van der Waals surface area (Å²) in [5.74, 6) is 0. The molecule has 0 saturated heterocycles. The van der Waals surface area contributed by atoms with Gasteiger partial charge in [0.15, 0.2) is 0 Å². The number of aliphatic hydroxyl groups is 1. The van der Waals surface area contributed by atoms with E-state index in [1.807, 2.05) is 26.0 Å². The number of hydrogen-bond donors (Lipinski definition) is 1. The first-order valence-corrected chi connectivity index (χ1v) is 4.49. The molecule has 1 heteroatoms. The van der Waals surface area contributed by atoms with Gasteiger partial charge < -0.3 is 5.11 Å². The predicted molar refractivity (Wildman–Crippen MR) is 53.3 cm³/mol. The molecule has 0 atom stereocenters. The van der Waals surface area contributed by atoms with E-state index in [-0.39, 0.29) is 6.61 Å². The highest BCUT2D eigenvalue weighted by Crippen LogP contribution is 2.02. The van der Waals surface area contributed by atoms with Crippen molar-refractivity contribution >= 4 is 0 Å². The van der Waals surface area contributed by atoms with Crippen LogP contribution in [0, 0.1) is 6.92 Å². The van der Waals surface area contributed by atoms with Crippen LogP contribution in [0.3, 0.4) is 0 Å². The normalized spacial score (nSPS) is 8.67. The van der Waals surface area contributed by atoms with E-state index < -0.39 is 0 Å². The molecule has 0 aromatic heterocycles. The zero-order chi connectivity index (χ0) is 9.40. The number of benzene rings is 1. The molecule has 1 nitrogen and oxygen atoms in total. The summed E-state index contributed by atoms with van der Waals surface area (Å²) >= 11 is 0. The first kappa shape index (κ1) is 11.2. The number of hydrogen-bond acceptors (Lipinski definition) is 1. The molecule has 68 valence electrons. The molecule has 0 radical (unpaired) electrons. The highest BCUT2D eigenvalue weighted by atomic mass is 16.2. The molecular formula is C11H18O. The van der Waals surface area contributed by atoms with Crippen LogP contribution in [0.2, 0.25) is 0 Å². The summed E-state index contributed by atoms with van der Waals surface area (Å²) in [5.41, 5.74) is 2.47. The number of aryl methyl sites for hydroxylation is 1. The third-order valence-electron chi connectivity index (χ3n) is 1.52. The summed E-state index contributed by atoms with van der Waals surface area (Å²) in [5, 5.41) is 8.59. The molecule has 1 aromatic carbocycles. The van der Waals surface area contributed by atoms with Crippen molar-refractivity contribution in [2.75, 3.05) is 6.61 Å². The van der Waals surface area contributed by atoms with Crippen LogP contribution in [0.4, 0.5) is 0 Å². The molecule has 0 saturated carbocycles. The van der Waals surface area contributed by atoms with Gasteiger partial charge >= 0.3 is 0 Å². The maximum absolute atomic E-state index is 8.59. The topological polar surface area (TPSA) is 20.2 Å². The van der Waals surface area contributed by atoms with Crippen molar-refractivity contribution in [1.82, 2.24) is 0 Å². The van der Waals surface area contributed by atoms with Crippen molar-refractivity contribution in [3.63, 3.8) is 0 Å². The summed E-state index contributed by atoms with van der Waals surface area (Å²) < 4.78 is 0. The molecule has 0 aliphatic carbocycles. The van der Waals surface area contributed by atoms with E-state index in [9.17, 15) is 0 Å². The summed E-state index contributed by atoms with van der Waals surface area (Å²) in [7, 11) is 0. The van der Waals surface area contributed by atoms with Gasteiger partial charge in [-0.2, -0.15) is 0 Å². The second-order valence-electron chi connectivity index (χ2n) is 2.46. The molecule has 0 bridgehead atoms. The van der Waals surface area contributed by atoms with Gasteiger partial charge in [0.1, 0.15) is 0 Å². The second-order valence-corrected chi connectivity index (χ2v) is 2.46. The van der Waals surface area contributed by atoms with E-state index in [2.05, 4.69) is 19.1 Å². The van der Waals surface area contributed by atoms with Crippen LogP contribution in [0.25, 0.3) is 0 Å². The summed E-state index contributed by atoms with van der Waals surface area (Å²) in [6, 6.07) is 8.22. The fourth-order valence-corrected chi connectivity index (χ4v) is 0.884. The Morgan fingerprint density at radius 1 is 1.08 bits per heavy atom. The predicted octanol–water partition coefficient (Wildman–Crippen LogP) is 2.56. The lowest BCUT2D eigenvalue weighted by molar-refractivity contribution is 0.299. The van der Waals surface area contributed by atoms with Gasteiger partial charge in [-0.15, -0.1) is 0 Å². The van der Waals surface area contributed by atoms with Crippen molar-refractivity contribution in [1.29, 1.82) is 0 Å². The first-order chi connectivity index (χ1) is 5.83. The van der Waals surface area contributed by atoms with Gasteiger partial charge in [0.05, 0.1) is 0 Å². The minimum Gasteiger partial charge on any atom is -0.396 e. The molecule has 1 rings (SSSR count). The third kappa shape index (κ3) is 4.14. The Morgan fingerprint density at radius 3 is 2.00 bits per heavy atom. The molecule has 12 heavy (non-hydrogen) atoms. The molecule has 0 aliphatic heterocycles. The maximum atomic E-state index is 8.59. The quantitative estimate of drug-likeness (QED) is 0.716. The number of rotatable bonds is 2. The van der Waals surface area contributed by atoms with Gasteiger partial charge in [-0.25, -0.2) is 0 Å². The molecule has 0 aliphatic rings. The van der Waals surface area contributed by atoms with E-state index in [1.165, 1.54) is 11.1 Å². The smallest absolute Gasteiger partial charge is 0.0471 e. The summed E-state index contributed by atoms with van der Waals surface area (Å²) in [6.45, 7) is 6.30. The average Bonchev–Trinajstić information content (AvgIpc) is 2.13. The molecular weight excluding hydrogens is 148 g/mol. The SMILES string of the molecule is CC.Cc1ccc(CCO)cc1. The molecule has 1 N–H and O–H groups in total. The minimum absolute atomic E-state index is 0.239. The van der Waals surface area contributed by atoms with E-state index in [1.54, 1.807) is 0 Å². The van der Waals surface area contributed by atoms with Gasteiger partial charge in [-0.3, -0.25) is 0 Å². The van der Waals surface area contributed by atoms with Crippen LogP contribution in [0.1, 0.15) is 25.0 Å². The van der Waals surface area contributed by atoms with E-state index in [0.29, 0.717) is 0 Å². The average molecular weight is 166 g/mol. The lowest BCUT2D eigenvalue weighted by Crippen LogP contribution is -1.89. The van der Waals surface area contributed by atoms with Crippen molar-refractivity contribution < 1.29 is 5.11 Å². The molecule has 0 heterocycles. The maximum Gasteiger partial charge on any atom is 0.0471 e. The Morgan fingerprint density at radius 2 is 1.58 bits per heavy atom. The van der Waals surface area contributed by atoms with Crippen LogP contribution in [0.5, 0.6) is 0 Å². The molecule has 0 fully saturated rings. The van der Waals surface area contributed by atoms with Crippen molar-refractivity contribution in [2.45, 2.75) is 27.2 Å². The van der Waals surface area contributed by atoms with Crippen molar-refractivity contribution in [3.05, 3.63) is 35.4 Å². The Bertz CT molecular complexity index is 189. The van der Waals surface area contributed by atoms with Gasteiger partial charge in [0, 0.05) is 6.61 Å². The van der Waals surface area contributed by atoms with Gasteiger partial charge in [-0.05, 0) is 18.9 Å². The molecule has 0 spiro atoms. The Labute approximate surface area is 75.1 Å². The number of aliphatic hydroxyl groups excluding tert-OH is 1. The highest BCUT2D eigenvalue weighted by molar-refractivity contribution is 5.21. The van der Waals surface area contributed by atoms with Crippen LogP contribution < -0.4 is 0 Å². The molecule has 0 amide bonds. The first-order valence-electron chi connectivity index (χ1n) is 4.49. The summed E-state index contributed by atoms with van der Waals surface area (Å²) in [4.78, 5) is 0. The van der Waals surface area contributed by atoms with Gasteiger partial charge in [0.2, 0.25) is 0 Å². The lowest BCUT2D eigenvalue weighted by atomic mass is 10.1. The van der Waals surface area contributed by atoms with Crippen molar-refractivity contribution in [3.8, 4) is 0 Å². The third-order valence-corrected chi connectivity index (χ3v) is 1.52. The van der Waals surface area contributed by atoms with E-state index in [4.69, 9.17) is 5.11 Å². The van der Waals surface area contributed by atoms with Crippen LogP contribution in [0.15, 0.2) is 24.3 Å². The molecule has 0 unspecified atom stereocenters. The van der Waals surface area contributed by atoms with Crippen LogP contribution in [-0.4, -0.2) is 11.7 Å². The van der Waals surface area contributed by atoms with Crippen LogP contribution in [-0.2, 0) is 6.42 Å². The Kier molecular flexibility index (Phi) is 6.39. The fraction of sp³-hybridized carbons (Fsp3) is 0.455. The second kappa shape index (κ2) is 6.86. The van der Waals surface area contributed by atoms with E-state index >= 15 is 0 Å². The zero-order valence-corrected chi connectivity index (χ0v) is 8.17. The van der Waals surface area contributed by atoms with Gasteiger partial charge in [0.25, 0.3) is 0 Å². The summed E-state index contributed by atoms with van der Waals surface area (Å²) in [6.07, 6.45) is 0.764. The minimum atomic E-state index is 0.239. The highest BCUT2D eigenvalue weighted by Gasteiger charge is 1.88. The standard InChI is InChI=1S/C9H12O.C2H6/c1-8-2-4-9(5-3-8)6-7-10;1-2/h2-5,10H,6-7H2,1H3;1-2H3. The van der Waals surface area contributed by atoms with Crippen molar-refractivity contribution in [2.24, 2.45) is 0 Å².